The number of benzene rings is 2. The van der Waals surface area contributed by atoms with E-state index in [0.717, 1.165) is 23.3 Å². The molecule has 0 fully saturated rings. The van der Waals surface area contributed by atoms with Crippen molar-refractivity contribution in [2.45, 2.75) is 19.9 Å². The molecule has 0 bridgehead atoms. The lowest BCUT2D eigenvalue weighted by Crippen LogP contribution is -2.33. The van der Waals surface area contributed by atoms with Gasteiger partial charge < -0.3 is 19.4 Å². The van der Waals surface area contributed by atoms with E-state index >= 15 is 0 Å². The molecule has 0 aliphatic carbocycles. The summed E-state index contributed by atoms with van der Waals surface area (Å²) in [7, 11) is 1.91. The maximum atomic E-state index is 13.5. The lowest BCUT2D eigenvalue weighted by molar-refractivity contribution is 0.0741. The Hall–Kier alpha value is -3.74. The van der Waals surface area contributed by atoms with Crippen molar-refractivity contribution in [1.29, 1.82) is 0 Å². The Labute approximate surface area is 180 Å². The SMILES string of the molecule is Cc1cc(CN(CCc2c[nH]c3ccccc23)C(=O)c2ccc3c(c2)OCO3)n(C)n1. The topological polar surface area (TPSA) is 72.4 Å². The number of nitrogens with one attached hydrogen (secondary N) is 1. The van der Waals surface area contributed by atoms with Crippen LogP contribution in [-0.2, 0) is 20.0 Å². The number of amides is 1. The molecule has 7 nitrogen and oxygen atoms in total. The number of ether oxygens (including phenoxy) is 2. The summed E-state index contributed by atoms with van der Waals surface area (Å²) in [6, 6.07) is 15.6. The number of rotatable bonds is 6. The van der Waals surface area contributed by atoms with Crippen LogP contribution in [0.3, 0.4) is 0 Å². The standard InChI is InChI=1S/C24H24N4O3/c1-16-11-19(27(2)26-16)14-28(10-9-18-13-25-21-6-4-3-5-20(18)21)24(29)17-7-8-22-23(12-17)31-15-30-22/h3-8,11-13,25H,9-10,14-15H2,1-2H3. The number of para-hydroxylation sites is 1. The van der Waals surface area contributed by atoms with Crippen molar-refractivity contribution in [3.05, 3.63) is 77.2 Å². The molecule has 4 aromatic rings. The fourth-order valence-corrected chi connectivity index (χ4v) is 4.07. The van der Waals surface area contributed by atoms with Crippen LogP contribution >= 0.6 is 0 Å². The molecule has 2 aromatic heterocycles. The quantitative estimate of drug-likeness (QED) is 0.519. The summed E-state index contributed by atoms with van der Waals surface area (Å²) in [6.45, 7) is 3.21. The molecular weight excluding hydrogens is 392 g/mol. The van der Waals surface area contributed by atoms with Gasteiger partial charge in [-0.1, -0.05) is 18.2 Å². The molecule has 1 amide bonds. The number of carbonyl (C=O) groups is 1. The van der Waals surface area contributed by atoms with Gasteiger partial charge in [-0.05, 0) is 49.2 Å². The van der Waals surface area contributed by atoms with Crippen LogP contribution < -0.4 is 9.47 Å². The van der Waals surface area contributed by atoms with E-state index in [9.17, 15) is 4.79 Å². The van der Waals surface area contributed by atoms with Gasteiger partial charge in [0.2, 0.25) is 6.79 Å². The number of aryl methyl sites for hydroxylation is 2. The number of hydrogen-bond acceptors (Lipinski definition) is 4. The number of aromatic nitrogens is 3. The molecule has 1 N–H and O–H groups in total. The molecule has 0 spiro atoms. The third-order valence-corrected chi connectivity index (χ3v) is 5.68. The van der Waals surface area contributed by atoms with Crippen molar-refractivity contribution in [2.75, 3.05) is 13.3 Å². The van der Waals surface area contributed by atoms with Crippen molar-refractivity contribution in [3.63, 3.8) is 0 Å². The van der Waals surface area contributed by atoms with Gasteiger partial charge in [0.1, 0.15) is 0 Å². The predicted molar refractivity (Wildman–Crippen MR) is 117 cm³/mol. The first-order valence-corrected chi connectivity index (χ1v) is 10.3. The summed E-state index contributed by atoms with van der Waals surface area (Å²) in [5.41, 5.74) is 4.81. The fraction of sp³-hybridized carbons (Fsp3) is 0.250. The highest BCUT2D eigenvalue weighted by molar-refractivity contribution is 5.95. The minimum Gasteiger partial charge on any atom is -0.454 e. The second kappa shape index (κ2) is 7.83. The predicted octanol–water partition coefficient (Wildman–Crippen LogP) is 3.82. The van der Waals surface area contributed by atoms with Gasteiger partial charge in [0, 0.05) is 36.3 Å². The van der Waals surface area contributed by atoms with E-state index in [4.69, 9.17) is 9.47 Å². The normalized spacial score (nSPS) is 12.5. The third-order valence-electron chi connectivity index (χ3n) is 5.68. The zero-order valence-electron chi connectivity index (χ0n) is 17.6. The molecule has 0 atom stereocenters. The Morgan fingerprint density at radius 3 is 2.84 bits per heavy atom. The van der Waals surface area contributed by atoms with Crippen LogP contribution in [0, 0.1) is 6.92 Å². The molecule has 1 aliphatic heterocycles. The summed E-state index contributed by atoms with van der Waals surface area (Å²) in [5, 5.41) is 5.62. The highest BCUT2D eigenvalue weighted by atomic mass is 16.7. The molecule has 158 valence electrons. The molecule has 0 saturated carbocycles. The highest BCUT2D eigenvalue weighted by Crippen LogP contribution is 2.33. The van der Waals surface area contributed by atoms with E-state index in [-0.39, 0.29) is 12.7 Å². The maximum Gasteiger partial charge on any atom is 0.254 e. The Kier molecular flexibility index (Phi) is 4.86. The molecule has 31 heavy (non-hydrogen) atoms. The van der Waals surface area contributed by atoms with Crippen LogP contribution in [0.15, 0.2) is 54.7 Å². The van der Waals surface area contributed by atoms with Gasteiger partial charge in [-0.2, -0.15) is 5.10 Å². The molecular formula is C24H24N4O3. The van der Waals surface area contributed by atoms with Crippen molar-refractivity contribution in [3.8, 4) is 11.5 Å². The molecule has 1 aliphatic rings. The molecule has 0 unspecified atom stereocenters. The molecule has 0 saturated heterocycles. The Bertz CT molecular complexity index is 1260. The van der Waals surface area contributed by atoms with Gasteiger partial charge in [-0.3, -0.25) is 9.48 Å². The van der Waals surface area contributed by atoms with E-state index in [1.807, 2.05) is 47.9 Å². The minimum atomic E-state index is -0.0444. The summed E-state index contributed by atoms with van der Waals surface area (Å²) < 4.78 is 12.7. The lowest BCUT2D eigenvalue weighted by atomic mass is 10.1. The molecule has 2 aromatic carbocycles. The van der Waals surface area contributed by atoms with Gasteiger partial charge in [0.05, 0.1) is 17.9 Å². The van der Waals surface area contributed by atoms with Crippen LogP contribution in [0.4, 0.5) is 0 Å². The van der Waals surface area contributed by atoms with Gasteiger partial charge in [-0.15, -0.1) is 0 Å². The number of aromatic amines is 1. The van der Waals surface area contributed by atoms with Crippen molar-refractivity contribution >= 4 is 16.8 Å². The first kappa shape index (κ1) is 19.2. The number of fused-ring (bicyclic) bond motifs is 2. The Balaban J connectivity index is 1.42. The van der Waals surface area contributed by atoms with Crippen LogP contribution in [0.25, 0.3) is 10.9 Å². The van der Waals surface area contributed by atoms with E-state index in [1.165, 1.54) is 10.9 Å². The summed E-state index contributed by atoms with van der Waals surface area (Å²) in [5.74, 6) is 1.24. The van der Waals surface area contributed by atoms with Crippen LogP contribution in [-0.4, -0.2) is 38.9 Å². The lowest BCUT2D eigenvalue weighted by Gasteiger charge is -2.23. The number of carbonyl (C=O) groups excluding carboxylic acids is 1. The van der Waals surface area contributed by atoms with Gasteiger partial charge >= 0.3 is 0 Å². The van der Waals surface area contributed by atoms with Crippen LogP contribution in [0.1, 0.15) is 27.3 Å². The van der Waals surface area contributed by atoms with Crippen LogP contribution in [0.2, 0.25) is 0 Å². The van der Waals surface area contributed by atoms with E-state index in [2.05, 4.69) is 22.2 Å². The average molecular weight is 416 g/mol. The zero-order chi connectivity index (χ0) is 21.4. The average Bonchev–Trinajstić information content (AvgIpc) is 3.48. The minimum absolute atomic E-state index is 0.0444. The number of hydrogen-bond donors (Lipinski definition) is 1. The highest BCUT2D eigenvalue weighted by Gasteiger charge is 2.22. The van der Waals surface area contributed by atoms with Crippen molar-refractivity contribution in [1.82, 2.24) is 19.7 Å². The number of H-pyrrole nitrogens is 1. The Morgan fingerprint density at radius 1 is 1.16 bits per heavy atom. The Morgan fingerprint density at radius 2 is 2.00 bits per heavy atom. The maximum absolute atomic E-state index is 13.5. The third kappa shape index (κ3) is 3.74. The van der Waals surface area contributed by atoms with E-state index in [0.29, 0.717) is 30.2 Å². The molecule has 5 rings (SSSR count). The number of nitrogens with zero attached hydrogens (tertiary/aromatic N) is 3. The largest absolute Gasteiger partial charge is 0.454 e. The second-order valence-electron chi connectivity index (χ2n) is 7.80. The first-order valence-electron chi connectivity index (χ1n) is 10.3. The fourth-order valence-electron chi connectivity index (χ4n) is 4.07. The van der Waals surface area contributed by atoms with Crippen LogP contribution in [0.5, 0.6) is 11.5 Å². The molecule has 7 heteroatoms. The summed E-state index contributed by atoms with van der Waals surface area (Å²) >= 11 is 0. The smallest absolute Gasteiger partial charge is 0.254 e. The summed E-state index contributed by atoms with van der Waals surface area (Å²) in [6.07, 6.45) is 2.78. The van der Waals surface area contributed by atoms with Gasteiger partial charge in [0.15, 0.2) is 11.5 Å². The summed E-state index contributed by atoms with van der Waals surface area (Å²) in [4.78, 5) is 18.7. The van der Waals surface area contributed by atoms with Gasteiger partial charge in [-0.25, -0.2) is 0 Å². The molecule has 0 radical (unpaired) electrons. The van der Waals surface area contributed by atoms with Crippen molar-refractivity contribution < 1.29 is 14.3 Å². The van der Waals surface area contributed by atoms with Crippen molar-refractivity contribution in [2.24, 2.45) is 7.05 Å². The second-order valence-corrected chi connectivity index (χ2v) is 7.80. The van der Waals surface area contributed by atoms with E-state index < -0.39 is 0 Å². The molecule has 3 heterocycles. The van der Waals surface area contributed by atoms with E-state index in [1.54, 1.807) is 18.2 Å². The zero-order valence-corrected chi connectivity index (χ0v) is 17.6. The monoisotopic (exact) mass is 416 g/mol. The first-order chi connectivity index (χ1) is 15.1. The van der Waals surface area contributed by atoms with Gasteiger partial charge in [0.25, 0.3) is 5.91 Å².